The lowest BCUT2D eigenvalue weighted by Crippen LogP contribution is -3.18. The Balaban J connectivity index is 1.50. The Morgan fingerprint density at radius 2 is 1.91 bits per heavy atom. The Morgan fingerprint density at radius 1 is 1.26 bits per heavy atom. The molecule has 2 saturated heterocycles. The van der Waals surface area contributed by atoms with Gasteiger partial charge >= 0.3 is 0 Å². The molecule has 0 spiro atoms. The van der Waals surface area contributed by atoms with Crippen LogP contribution in [0, 0.1) is 6.92 Å². The van der Waals surface area contributed by atoms with E-state index in [1.165, 1.54) is 10.5 Å². The highest BCUT2D eigenvalue weighted by Crippen LogP contribution is 2.11. The summed E-state index contributed by atoms with van der Waals surface area (Å²) >= 11 is 5.51. The highest BCUT2D eigenvalue weighted by atomic mass is 32.2. The van der Waals surface area contributed by atoms with Gasteiger partial charge in [-0.3, -0.25) is 0 Å². The first-order chi connectivity index (χ1) is 10.9. The van der Waals surface area contributed by atoms with Gasteiger partial charge in [0.25, 0.3) is 0 Å². The molecule has 0 saturated carbocycles. The van der Waals surface area contributed by atoms with Crippen LogP contribution < -0.4 is 10.2 Å². The van der Waals surface area contributed by atoms with E-state index in [4.69, 9.17) is 12.2 Å². The first kappa shape index (κ1) is 16.7. The van der Waals surface area contributed by atoms with Crippen molar-refractivity contribution >= 4 is 32.9 Å². The second-order valence-electron chi connectivity index (χ2n) is 6.54. The molecule has 3 rings (SSSR count). The fourth-order valence-electron chi connectivity index (χ4n) is 3.36. The van der Waals surface area contributed by atoms with Crippen molar-refractivity contribution < 1.29 is 13.3 Å². The van der Waals surface area contributed by atoms with Crippen LogP contribution in [0.1, 0.15) is 12.0 Å². The molecule has 2 heterocycles. The summed E-state index contributed by atoms with van der Waals surface area (Å²) in [7, 11) is -2.79. The number of piperazine rings is 1. The zero-order valence-electron chi connectivity index (χ0n) is 13.4. The molecule has 23 heavy (non-hydrogen) atoms. The lowest BCUT2D eigenvalue weighted by molar-refractivity contribution is -0.925. The predicted octanol–water partition coefficient (Wildman–Crippen LogP) is 0.0794. The Hall–Kier alpha value is -1.18. The lowest BCUT2D eigenvalue weighted by Gasteiger charge is -2.36. The van der Waals surface area contributed by atoms with Crippen molar-refractivity contribution in [2.75, 3.05) is 43.0 Å². The molecule has 7 heteroatoms. The lowest BCUT2D eigenvalue weighted by atomic mass is 10.2. The molecule has 1 aromatic rings. The number of hydrogen-bond donors (Lipinski definition) is 2. The molecular formula is C16H24N3O2S2+. The molecule has 2 N–H and O–H groups in total. The summed E-state index contributed by atoms with van der Waals surface area (Å²) in [5.41, 5.74) is 2.24. The highest BCUT2D eigenvalue weighted by molar-refractivity contribution is 7.91. The predicted molar refractivity (Wildman–Crippen MR) is 96.7 cm³/mol. The van der Waals surface area contributed by atoms with Crippen molar-refractivity contribution in [3.05, 3.63) is 29.8 Å². The second kappa shape index (κ2) is 6.75. The molecule has 0 unspecified atom stereocenters. The number of nitrogens with zero attached hydrogens (tertiary/aromatic N) is 1. The average Bonchev–Trinajstić information content (AvgIpc) is 2.90. The van der Waals surface area contributed by atoms with E-state index < -0.39 is 9.84 Å². The average molecular weight is 355 g/mol. The van der Waals surface area contributed by atoms with E-state index in [1.807, 2.05) is 12.1 Å². The van der Waals surface area contributed by atoms with Crippen molar-refractivity contribution in [3.8, 4) is 0 Å². The van der Waals surface area contributed by atoms with Crippen LogP contribution in [0.25, 0.3) is 0 Å². The molecule has 2 aliphatic rings. The van der Waals surface area contributed by atoms with Crippen molar-refractivity contribution in [2.45, 2.75) is 19.4 Å². The van der Waals surface area contributed by atoms with E-state index in [9.17, 15) is 8.42 Å². The summed E-state index contributed by atoms with van der Waals surface area (Å²) in [6.45, 7) is 5.73. The van der Waals surface area contributed by atoms with E-state index in [-0.39, 0.29) is 6.04 Å². The Bertz CT molecular complexity index is 665. The van der Waals surface area contributed by atoms with Gasteiger partial charge in [0.1, 0.15) is 11.8 Å². The molecule has 0 bridgehead atoms. The van der Waals surface area contributed by atoms with Crippen LogP contribution >= 0.6 is 12.2 Å². The minimum Gasteiger partial charge on any atom is -0.338 e. The van der Waals surface area contributed by atoms with Crippen LogP contribution in [0.2, 0.25) is 0 Å². The number of quaternary nitrogens is 1. The maximum atomic E-state index is 11.6. The molecule has 0 radical (unpaired) electrons. The topological polar surface area (TPSA) is 53.9 Å². The standard InChI is InChI=1S/C16H23N3O2S2/c1-13-2-4-14(5-3-13)17-16(22)19-9-7-18(8-10-19)15-6-11-23(20,21)12-15/h2-5,15H,6-12H2,1H3,(H,17,22)/p+1/t15-/m0/s1. The molecule has 2 fully saturated rings. The molecule has 0 amide bonds. The number of rotatable bonds is 2. The third-order valence-electron chi connectivity index (χ3n) is 4.81. The molecule has 1 atom stereocenters. The number of hydrogen-bond acceptors (Lipinski definition) is 3. The molecule has 2 aliphatic heterocycles. The third-order valence-corrected chi connectivity index (χ3v) is 6.93. The summed E-state index contributed by atoms with van der Waals surface area (Å²) < 4.78 is 23.3. The Morgan fingerprint density at radius 3 is 2.48 bits per heavy atom. The third kappa shape index (κ3) is 4.22. The number of thiocarbonyl (C=S) groups is 1. The van der Waals surface area contributed by atoms with Crippen LogP contribution in [0.5, 0.6) is 0 Å². The number of anilines is 1. The fraction of sp³-hybridized carbons (Fsp3) is 0.562. The summed E-state index contributed by atoms with van der Waals surface area (Å²) in [5.74, 6) is 0.715. The van der Waals surface area contributed by atoms with Gasteiger partial charge in [0.2, 0.25) is 0 Å². The van der Waals surface area contributed by atoms with Crippen molar-refractivity contribution in [1.82, 2.24) is 4.90 Å². The van der Waals surface area contributed by atoms with Gasteiger partial charge in [0.05, 0.1) is 31.9 Å². The molecule has 126 valence electrons. The maximum Gasteiger partial charge on any atom is 0.173 e. The van der Waals surface area contributed by atoms with Crippen molar-refractivity contribution in [2.24, 2.45) is 0 Å². The zero-order chi connectivity index (χ0) is 16.4. The number of nitrogens with one attached hydrogen (secondary N) is 2. The van der Waals surface area contributed by atoms with Gasteiger partial charge in [-0.2, -0.15) is 0 Å². The van der Waals surface area contributed by atoms with Crippen LogP contribution in [-0.4, -0.2) is 62.2 Å². The quantitative estimate of drug-likeness (QED) is 0.737. The van der Waals surface area contributed by atoms with Crippen LogP contribution in [0.4, 0.5) is 5.69 Å². The largest absolute Gasteiger partial charge is 0.338 e. The number of benzene rings is 1. The summed E-state index contributed by atoms with van der Waals surface area (Å²) in [4.78, 5) is 3.60. The smallest absolute Gasteiger partial charge is 0.173 e. The summed E-state index contributed by atoms with van der Waals surface area (Å²) in [5, 5.41) is 4.04. The van der Waals surface area contributed by atoms with Gasteiger partial charge in [0, 0.05) is 12.1 Å². The van der Waals surface area contributed by atoms with Gasteiger partial charge in [-0.05, 0) is 31.3 Å². The van der Waals surface area contributed by atoms with E-state index in [1.54, 1.807) is 0 Å². The summed E-state index contributed by atoms with van der Waals surface area (Å²) in [6.07, 6.45) is 0.809. The molecule has 0 aliphatic carbocycles. The van der Waals surface area contributed by atoms with E-state index in [2.05, 4.69) is 29.3 Å². The minimum absolute atomic E-state index is 0.278. The molecular weight excluding hydrogens is 330 g/mol. The van der Waals surface area contributed by atoms with Gasteiger partial charge in [0.15, 0.2) is 14.9 Å². The Labute approximate surface area is 143 Å². The van der Waals surface area contributed by atoms with Crippen LogP contribution in [0.3, 0.4) is 0 Å². The van der Waals surface area contributed by atoms with E-state index in [0.717, 1.165) is 43.4 Å². The fourth-order valence-corrected chi connectivity index (χ4v) is 5.49. The minimum atomic E-state index is -2.79. The Kier molecular flexibility index (Phi) is 4.89. The SMILES string of the molecule is Cc1ccc(NC(=S)N2CC[NH+]([C@H]3CCS(=O)(=O)C3)CC2)cc1. The molecule has 5 nitrogen and oxygen atoms in total. The maximum absolute atomic E-state index is 11.6. The van der Waals surface area contributed by atoms with Crippen molar-refractivity contribution in [1.29, 1.82) is 0 Å². The van der Waals surface area contributed by atoms with E-state index in [0.29, 0.717) is 11.5 Å². The highest BCUT2D eigenvalue weighted by Gasteiger charge is 2.37. The van der Waals surface area contributed by atoms with Gasteiger partial charge in [-0.15, -0.1) is 0 Å². The van der Waals surface area contributed by atoms with Gasteiger partial charge < -0.3 is 15.1 Å². The number of aryl methyl sites for hydroxylation is 1. The first-order valence-corrected chi connectivity index (χ1v) is 10.3. The summed E-state index contributed by atoms with van der Waals surface area (Å²) in [6, 6.07) is 8.47. The second-order valence-corrected chi connectivity index (χ2v) is 9.16. The first-order valence-electron chi connectivity index (χ1n) is 8.10. The normalized spacial score (nSPS) is 24.6. The van der Waals surface area contributed by atoms with Crippen LogP contribution in [-0.2, 0) is 9.84 Å². The van der Waals surface area contributed by atoms with Gasteiger partial charge in [-0.1, -0.05) is 17.7 Å². The zero-order valence-corrected chi connectivity index (χ0v) is 15.0. The molecule has 0 aromatic heterocycles. The molecule has 1 aromatic carbocycles. The van der Waals surface area contributed by atoms with E-state index >= 15 is 0 Å². The van der Waals surface area contributed by atoms with Crippen LogP contribution in [0.15, 0.2) is 24.3 Å². The number of sulfone groups is 1. The van der Waals surface area contributed by atoms with Gasteiger partial charge in [-0.25, -0.2) is 8.42 Å². The van der Waals surface area contributed by atoms with Crippen molar-refractivity contribution in [3.63, 3.8) is 0 Å². The monoisotopic (exact) mass is 354 g/mol.